The fourth-order valence-electron chi connectivity index (χ4n) is 4.85. The van der Waals surface area contributed by atoms with Gasteiger partial charge < -0.3 is 10.6 Å². The van der Waals surface area contributed by atoms with Crippen molar-refractivity contribution in [2.45, 2.75) is 57.5 Å². The van der Waals surface area contributed by atoms with Crippen LogP contribution in [0.1, 0.15) is 57.6 Å². The maximum atomic E-state index is 13.0. The number of benzene rings is 2. The van der Waals surface area contributed by atoms with Crippen molar-refractivity contribution in [1.82, 2.24) is 15.5 Å². The number of imide groups is 1. The third-order valence-electron chi connectivity index (χ3n) is 6.98. The Hall–Kier alpha value is -3.15. The van der Waals surface area contributed by atoms with Crippen molar-refractivity contribution >= 4 is 17.8 Å². The van der Waals surface area contributed by atoms with Gasteiger partial charge in [0.25, 0.3) is 5.91 Å². The Morgan fingerprint density at radius 2 is 1.69 bits per heavy atom. The highest BCUT2D eigenvalue weighted by molar-refractivity contribution is 6.09. The minimum atomic E-state index is -0.818. The predicted octanol–water partition coefficient (Wildman–Crippen LogP) is 4.42. The molecule has 0 unspecified atom stereocenters. The molecule has 4 amide bonds. The number of carbonyl (C=O) groups is 3. The molecule has 2 aromatic rings. The highest BCUT2D eigenvalue weighted by Gasteiger charge is 2.52. The van der Waals surface area contributed by atoms with Crippen LogP contribution in [0.5, 0.6) is 0 Å². The van der Waals surface area contributed by atoms with E-state index in [0.29, 0.717) is 18.8 Å². The van der Waals surface area contributed by atoms with Crippen LogP contribution in [0.4, 0.5) is 4.79 Å². The van der Waals surface area contributed by atoms with Crippen molar-refractivity contribution in [3.05, 3.63) is 60.2 Å². The van der Waals surface area contributed by atoms with Crippen molar-refractivity contribution in [1.29, 1.82) is 0 Å². The number of hydrogen-bond acceptors (Lipinski definition) is 3. The maximum Gasteiger partial charge on any atom is 0.325 e. The van der Waals surface area contributed by atoms with Gasteiger partial charge in [0.15, 0.2) is 0 Å². The van der Waals surface area contributed by atoms with Gasteiger partial charge in [0, 0.05) is 0 Å². The summed E-state index contributed by atoms with van der Waals surface area (Å²) in [4.78, 5) is 39.2. The number of rotatable bonds is 6. The smallest absolute Gasteiger partial charge is 0.325 e. The van der Waals surface area contributed by atoms with Crippen LogP contribution < -0.4 is 10.6 Å². The molecule has 0 bridgehead atoms. The summed E-state index contributed by atoms with van der Waals surface area (Å²) in [5.41, 5.74) is 2.39. The minimum Gasteiger partial charge on any atom is -0.348 e. The van der Waals surface area contributed by atoms with Gasteiger partial charge in [0.2, 0.25) is 5.91 Å². The molecule has 1 heterocycles. The summed E-state index contributed by atoms with van der Waals surface area (Å²) in [6.07, 6.45) is 4.25. The fourth-order valence-corrected chi connectivity index (χ4v) is 4.85. The first-order chi connectivity index (χ1) is 15.4. The Balaban J connectivity index is 1.35. The fraction of sp³-hybridized carbons (Fsp3) is 0.423. The van der Waals surface area contributed by atoms with E-state index in [4.69, 9.17) is 0 Å². The summed E-state index contributed by atoms with van der Waals surface area (Å²) in [5, 5.41) is 5.80. The van der Waals surface area contributed by atoms with Gasteiger partial charge in [-0.15, -0.1) is 0 Å². The second kappa shape index (κ2) is 9.15. The van der Waals surface area contributed by atoms with Crippen molar-refractivity contribution in [2.24, 2.45) is 5.92 Å². The Bertz CT molecular complexity index is 979. The molecule has 1 aliphatic carbocycles. The first kappa shape index (κ1) is 22.1. The largest absolute Gasteiger partial charge is 0.348 e. The molecule has 1 aliphatic heterocycles. The lowest BCUT2D eigenvalue weighted by molar-refractivity contribution is -0.136. The molecular formula is C26H31N3O3. The molecule has 32 heavy (non-hydrogen) atoms. The highest BCUT2D eigenvalue weighted by atomic mass is 16.2. The third kappa shape index (κ3) is 4.40. The molecule has 0 aromatic heterocycles. The maximum absolute atomic E-state index is 13.0. The number of nitrogens with one attached hydrogen (secondary N) is 2. The Morgan fingerprint density at radius 3 is 2.31 bits per heavy atom. The average Bonchev–Trinajstić information content (AvgIpc) is 3.04. The van der Waals surface area contributed by atoms with Crippen LogP contribution in [0.2, 0.25) is 0 Å². The normalized spacial score (nSPS) is 23.8. The van der Waals surface area contributed by atoms with E-state index in [-0.39, 0.29) is 24.4 Å². The summed E-state index contributed by atoms with van der Waals surface area (Å²) in [5.74, 6) is 0.0105. The summed E-state index contributed by atoms with van der Waals surface area (Å²) < 4.78 is 0. The number of carbonyl (C=O) groups excluding carboxylic acids is 3. The zero-order chi connectivity index (χ0) is 22.7. The molecule has 1 atom stereocenters. The molecule has 6 heteroatoms. The SMILES string of the molecule is CCC1CCC2(CC1)NC(=O)N(CC(=O)N[C@H](C)c1ccc(-c3ccccc3)cc1)C2=O. The average molecular weight is 434 g/mol. The van der Waals surface area contributed by atoms with E-state index in [9.17, 15) is 14.4 Å². The lowest BCUT2D eigenvalue weighted by Gasteiger charge is -2.34. The molecule has 0 radical (unpaired) electrons. The van der Waals surface area contributed by atoms with Crippen molar-refractivity contribution < 1.29 is 14.4 Å². The summed E-state index contributed by atoms with van der Waals surface area (Å²) in [6.45, 7) is 3.80. The van der Waals surface area contributed by atoms with Crippen LogP contribution in [0.15, 0.2) is 54.6 Å². The number of amides is 4. The van der Waals surface area contributed by atoms with Gasteiger partial charge >= 0.3 is 6.03 Å². The Labute approximate surface area is 189 Å². The van der Waals surface area contributed by atoms with Gasteiger partial charge in [-0.25, -0.2) is 4.79 Å². The van der Waals surface area contributed by atoms with Crippen molar-refractivity contribution in [3.8, 4) is 11.1 Å². The molecule has 168 valence electrons. The van der Waals surface area contributed by atoms with Crippen LogP contribution in [-0.2, 0) is 9.59 Å². The van der Waals surface area contributed by atoms with Crippen molar-refractivity contribution in [3.63, 3.8) is 0 Å². The number of hydrogen-bond donors (Lipinski definition) is 2. The van der Waals surface area contributed by atoms with E-state index >= 15 is 0 Å². The minimum absolute atomic E-state index is 0.234. The summed E-state index contributed by atoms with van der Waals surface area (Å²) in [6, 6.07) is 17.4. The van der Waals surface area contributed by atoms with Crippen LogP contribution >= 0.6 is 0 Å². The van der Waals surface area contributed by atoms with E-state index < -0.39 is 11.6 Å². The number of nitrogens with zero attached hydrogens (tertiary/aromatic N) is 1. The molecule has 1 spiro atoms. The summed E-state index contributed by atoms with van der Waals surface area (Å²) in [7, 11) is 0. The lowest BCUT2D eigenvalue weighted by atomic mass is 9.75. The highest BCUT2D eigenvalue weighted by Crippen LogP contribution is 2.37. The second-order valence-electron chi connectivity index (χ2n) is 9.03. The van der Waals surface area contributed by atoms with Gasteiger partial charge in [-0.1, -0.05) is 67.9 Å². The number of urea groups is 1. The van der Waals surface area contributed by atoms with Gasteiger partial charge in [-0.3, -0.25) is 14.5 Å². The van der Waals surface area contributed by atoms with E-state index in [1.54, 1.807) is 0 Å². The quantitative estimate of drug-likeness (QED) is 0.662. The Morgan fingerprint density at radius 1 is 1.06 bits per heavy atom. The summed E-state index contributed by atoms with van der Waals surface area (Å²) >= 11 is 0. The van der Waals surface area contributed by atoms with E-state index in [2.05, 4.69) is 29.7 Å². The molecule has 1 saturated heterocycles. The third-order valence-corrected chi connectivity index (χ3v) is 6.98. The van der Waals surface area contributed by atoms with Crippen LogP contribution in [0, 0.1) is 5.92 Å². The van der Waals surface area contributed by atoms with Crippen LogP contribution in [0.25, 0.3) is 11.1 Å². The standard InChI is InChI=1S/C26H31N3O3/c1-3-19-13-15-26(16-14-19)24(31)29(25(32)28-26)17-23(30)27-18(2)20-9-11-22(12-10-20)21-7-5-4-6-8-21/h4-12,18-19H,3,13-17H2,1-2H3,(H,27,30)(H,28,32)/t18-,19?,26?/m1/s1. The first-order valence-corrected chi connectivity index (χ1v) is 11.5. The molecule has 2 N–H and O–H groups in total. The lowest BCUT2D eigenvalue weighted by Crippen LogP contribution is -2.50. The molecule has 2 aliphatic rings. The van der Waals surface area contributed by atoms with Crippen molar-refractivity contribution in [2.75, 3.05) is 6.54 Å². The van der Waals surface area contributed by atoms with Gasteiger partial charge in [0.1, 0.15) is 12.1 Å². The topological polar surface area (TPSA) is 78.5 Å². The van der Waals surface area contributed by atoms with E-state index in [1.807, 2.05) is 49.4 Å². The molecular weight excluding hydrogens is 402 g/mol. The molecule has 4 rings (SSSR count). The molecule has 6 nitrogen and oxygen atoms in total. The van der Waals surface area contributed by atoms with E-state index in [1.165, 1.54) is 0 Å². The first-order valence-electron chi connectivity index (χ1n) is 11.5. The molecule has 2 aromatic carbocycles. The predicted molar refractivity (Wildman–Crippen MR) is 124 cm³/mol. The zero-order valence-corrected chi connectivity index (χ0v) is 18.8. The molecule has 2 fully saturated rings. The van der Waals surface area contributed by atoms with Gasteiger partial charge in [-0.05, 0) is 55.2 Å². The monoisotopic (exact) mass is 433 g/mol. The van der Waals surface area contributed by atoms with Crippen LogP contribution in [0.3, 0.4) is 0 Å². The van der Waals surface area contributed by atoms with E-state index in [0.717, 1.165) is 40.9 Å². The van der Waals surface area contributed by atoms with Gasteiger partial charge in [-0.2, -0.15) is 0 Å². The van der Waals surface area contributed by atoms with Gasteiger partial charge in [0.05, 0.1) is 6.04 Å². The second-order valence-corrected chi connectivity index (χ2v) is 9.03. The molecule has 1 saturated carbocycles. The zero-order valence-electron chi connectivity index (χ0n) is 18.8. The Kier molecular flexibility index (Phi) is 6.31. The van der Waals surface area contributed by atoms with Crippen LogP contribution in [-0.4, -0.2) is 34.8 Å².